The molecule has 6 nitrogen and oxygen atoms in total. The Bertz CT molecular complexity index is 1240. The van der Waals surface area contributed by atoms with Crippen LogP contribution in [0.1, 0.15) is 49.7 Å². The number of halogens is 2. The summed E-state index contributed by atoms with van der Waals surface area (Å²) in [7, 11) is 0. The maximum atomic E-state index is 13.7. The van der Waals surface area contributed by atoms with E-state index >= 15 is 0 Å². The Morgan fingerprint density at radius 2 is 1.88 bits per heavy atom. The molecule has 1 aliphatic carbocycles. The Morgan fingerprint density at radius 1 is 1.18 bits per heavy atom. The van der Waals surface area contributed by atoms with E-state index in [-0.39, 0.29) is 25.1 Å². The predicted molar refractivity (Wildman–Crippen MR) is 132 cm³/mol. The van der Waals surface area contributed by atoms with E-state index in [1.54, 1.807) is 6.92 Å². The van der Waals surface area contributed by atoms with Gasteiger partial charge in [-0.25, -0.2) is 0 Å². The van der Waals surface area contributed by atoms with Gasteiger partial charge in [0.1, 0.15) is 5.92 Å². The van der Waals surface area contributed by atoms with Gasteiger partial charge in [0, 0.05) is 38.8 Å². The van der Waals surface area contributed by atoms with Gasteiger partial charge in [0.15, 0.2) is 17.3 Å². The summed E-state index contributed by atoms with van der Waals surface area (Å²) in [6.45, 7) is 3.98. The molecule has 8 heteroatoms. The van der Waals surface area contributed by atoms with Crippen LogP contribution in [0.4, 0.5) is 0 Å². The van der Waals surface area contributed by atoms with Crippen LogP contribution in [0.15, 0.2) is 57.1 Å². The van der Waals surface area contributed by atoms with Crippen molar-refractivity contribution < 1.29 is 23.8 Å². The van der Waals surface area contributed by atoms with Crippen molar-refractivity contribution in [2.75, 3.05) is 13.4 Å². The topological polar surface area (TPSA) is 74.2 Å². The maximum Gasteiger partial charge on any atom is 0.315 e. The molecule has 2 aromatic carbocycles. The summed E-state index contributed by atoms with van der Waals surface area (Å²) in [6.07, 6.45) is 0.942. The Kier molecular flexibility index (Phi) is 6.25. The molecule has 2 heterocycles. The number of esters is 1. The molecule has 0 bridgehead atoms. The van der Waals surface area contributed by atoms with Gasteiger partial charge in [0.05, 0.1) is 6.61 Å². The first-order chi connectivity index (χ1) is 16.4. The van der Waals surface area contributed by atoms with Gasteiger partial charge in [-0.2, -0.15) is 0 Å². The second-order valence-electron chi connectivity index (χ2n) is 8.63. The molecule has 0 fully saturated rings. The predicted octanol–water partition coefficient (Wildman–Crippen LogP) is 5.97. The summed E-state index contributed by atoms with van der Waals surface area (Å²) >= 11 is 9.70. The van der Waals surface area contributed by atoms with E-state index in [9.17, 15) is 9.59 Å². The van der Waals surface area contributed by atoms with Crippen LogP contribution in [0.2, 0.25) is 5.02 Å². The Morgan fingerprint density at radius 3 is 2.59 bits per heavy atom. The summed E-state index contributed by atoms with van der Waals surface area (Å²) in [5.41, 5.74) is 3.77. The monoisotopic (exact) mass is 543 g/mol. The van der Waals surface area contributed by atoms with Crippen LogP contribution < -0.4 is 9.47 Å². The van der Waals surface area contributed by atoms with E-state index in [2.05, 4.69) is 15.9 Å². The average molecular weight is 545 g/mol. The van der Waals surface area contributed by atoms with E-state index in [0.29, 0.717) is 40.6 Å². The lowest BCUT2D eigenvalue weighted by atomic mass is 9.69. The van der Waals surface area contributed by atoms with Gasteiger partial charge in [0.2, 0.25) is 6.79 Å². The molecule has 0 saturated heterocycles. The smallest absolute Gasteiger partial charge is 0.315 e. The van der Waals surface area contributed by atoms with E-state index in [4.69, 9.17) is 30.8 Å². The van der Waals surface area contributed by atoms with Crippen molar-refractivity contribution in [3.8, 4) is 11.5 Å². The molecule has 0 spiro atoms. The third-order valence-electron chi connectivity index (χ3n) is 6.60. The quantitative estimate of drug-likeness (QED) is 0.444. The fraction of sp³-hybridized carbons (Fsp3) is 0.346. The number of nitrogens with zero attached hydrogens (tertiary/aromatic N) is 1. The molecule has 0 aromatic heterocycles. The van der Waals surface area contributed by atoms with Crippen LogP contribution >= 0.6 is 27.5 Å². The average Bonchev–Trinajstić information content (AvgIpc) is 3.25. The number of allylic oxidation sites excluding steroid dienone is 2. The molecule has 176 valence electrons. The Hall–Kier alpha value is -2.64. The van der Waals surface area contributed by atoms with Crippen molar-refractivity contribution in [3.63, 3.8) is 0 Å². The molecule has 0 radical (unpaired) electrons. The minimum absolute atomic E-state index is 0.0000506. The second kappa shape index (κ2) is 9.19. The number of aliphatic imine (C=N–C) groups is 1. The van der Waals surface area contributed by atoms with Crippen molar-refractivity contribution in [2.24, 2.45) is 10.9 Å². The molecule has 0 amide bonds. The third-order valence-corrected chi connectivity index (χ3v) is 7.54. The lowest BCUT2D eigenvalue weighted by Crippen LogP contribution is -2.38. The maximum absolute atomic E-state index is 13.7. The van der Waals surface area contributed by atoms with Gasteiger partial charge in [-0.3, -0.25) is 14.6 Å². The first-order valence-electron chi connectivity index (χ1n) is 11.2. The summed E-state index contributed by atoms with van der Waals surface area (Å²) < 4.78 is 17.3. The number of carbonyl (C=O) groups is 2. The normalized spacial score (nSPS) is 23.5. The molecule has 34 heavy (non-hydrogen) atoms. The molecule has 2 aliphatic heterocycles. The van der Waals surface area contributed by atoms with Gasteiger partial charge in [0.25, 0.3) is 0 Å². The molecule has 2 aromatic rings. The number of benzene rings is 2. The number of fused-ring (bicyclic) bond motifs is 1. The molecule has 0 saturated carbocycles. The molecule has 3 atom stereocenters. The van der Waals surface area contributed by atoms with Crippen molar-refractivity contribution in [1.29, 1.82) is 0 Å². The van der Waals surface area contributed by atoms with Crippen molar-refractivity contribution in [1.82, 2.24) is 0 Å². The van der Waals surface area contributed by atoms with Crippen LogP contribution in [-0.2, 0) is 14.3 Å². The molecule has 3 aliphatic rings. The summed E-state index contributed by atoms with van der Waals surface area (Å²) in [6, 6.07) is 11.3. The largest absolute Gasteiger partial charge is 0.465 e. The fourth-order valence-corrected chi connectivity index (χ4v) is 5.77. The Labute approximate surface area is 211 Å². The van der Waals surface area contributed by atoms with Crippen molar-refractivity contribution in [2.45, 2.75) is 38.5 Å². The highest BCUT2D eigenvalue weighted by Crippen LogP contribution is 2.50. The van der Waals surface area contributed by atoms with Crippen LogP contribution in [-0.4, -0.2) is 30.9 Å². The number of rotatable bonds is 4. The minimum atomic E-state index is -0.702. The number of carbonyl (C=O) groups excluding carboxylic acids is 2. The standard InChI is InChI=1S/C26H23BrClNO5/c1-3-32-26(31)23-13(2)29-19-8-15(14-4-6-16(28)7-5-14)9-20(30)25(19)24(23)17-10-21-22(11-18(17)27)34-12-33-21/h4-7,10-11,15,23-24H,3,8-9,12H2,1-2H3/t15-,23?,24+/m0/s1. The highest BCUT2D eigenvalue weighted by molar-refractivity contribution is 9.10. The molecule has 5 rings (SSSR count). The lowest BCUT2D eigenvalue weighted by Gasteiger charge is -2.37. The van der Waals surface area contributed by atoms with E-state index in [1.165, 1.54) is 0 Å². The lowest BCUT2D eigenvalue weighted by molar-refractivity contribution is -0.146. The minimum Gasteiger partial charge on any atom is -0.465 e. The van der Waals surface area contributed by atoms with Crippen molar-refractivity contribution in [3.05, 3.63) is 68.3 Å². The van der Waals surface area contributed by atoms with Crippen LogP contribution in [0.3, 0.4) is 0 Å². The zero-order valence-electron chi connectivity index (χ0n) is 18.8. The first-order valence-corrected chi connectivity index (χ1v) is 12.4. The molecule has 1 unspecified atom stereocenters. The van der Waals surface area contributed by atoms with Gasteiger partial charge in [-0.15, -0.1) is 0 Å². The number of ether oxygens (including phenoxy) is 3. The van der Waals surface area contributed by atoms with Crippen LogP contribution in [0.5, 0.6) is 11.5 Å². The highest BCUT2D eigenvalue weighted by atomic mass is 79.9. The number of hydrogen-bond acceptors (Lipinski definition) is 6. The molecule has 0 N–H and O–H groups in total. The van der Waals surface area contributed by atoms with E-state index in [1.807, 2.05) is 43.3 Å². The molecular formula is C26H23BrClNO5. The molecular weight excluding hydrogens is 522 g/mol. The fourth-order valence-electron chi connectivity index (χ4n) is 5.07. The van der Waals surface area contributed by atoms with Crippen LogP contribution in [0.25, 0.3) is 0 Å². The summed E-state index contributed by atoms with van der Waals surface area (Å²) in [5.74, 6) is -0.429. The van der Waals surface area contributed by atoms with E-state index in [0.717, 1.165) is 21.3 Å². The number of hydrogen-bond donors (Lipinski definition) is 0. The third kappa shape index (κ3) is 4.05. The number of ketones is 1. The zero-order chi connectivity index (χ0) is 24.0. The van der Waals surface area contributed by atoms with Gasteiger partial charge < -0.3 is 14.2 Å². The SMILES string of the molecule is CCOC(=O)C1C(C)=NC2=C(C(=O)C[C@@H](c3ccc(Cl)cc3)C2)[C@@H]1c1cc2c(cc1Br)OCO2. The summed E-state index contributed by atoms with van der Waals surface area (Å²) in [4.78, 5) is 31.6. The van der Waals surface area contributed by atoms with Crippen molar-refractivity contribution >= 4 is 45.0 Å². The Balaban J connectivity index is 1.62. The summed E-state index contributed by atoms with van der Waals surface area (Å²) in [5, 5.41) is 0.655. The number of Topliss-reactive ketones (excluding diaryl/α,β-unsaturated/α-hetero) is 1. The van der Waals surface area contributed by atoms with E-state index < -0.39 is 17.8 Å². The highest BCUT2D eigenvalue weighted by Gasteiger charge is 2.45. The zero-order valence-corrected chi connectivity index (χ0v) is 21.1. The van der Waals surface area contributed by atoms with Crippen LogP contribution in [0, 0.1) is 5.92 Å². The first kappa shape index (κ1) is 23.1. The van der Waals surface area contributed by atoms with Gasteiger partial charge >= 0.3 is 5.97 Å². The van der Waals surface area contributed by atoms with Gasteiger partial charge in [-0.1, -0.05) is 39.7 Å². The van der Waals surface area contributed by atoms with Gasteiger partial charge in [-0.05, 0) is 61.6 Å². The second-order valence-corrected chi connectivity index (χ2v) is 9.92.